The van der Waals surface area contributed by atoms with Crippen LogP contribution in [0.2, 0.25) is 5.02 Å². The molecule has 1 aromatic heterocycles. The van der Waals surface area contributed by atoms with Crippen LogP contribution in [0.15, 0.2) is 57.7 Å². The normalized spacial score (nSPS) is 16.1. The number of rotatable bonds is 6. The van der Waals surface area contributed by atoms with Crippen molar-refractivity contribution in [2.75, 3.05) is 26.2 Å². The molecule has 0 fully saturated rings. The molecule has 5 nitrogen and oxygen atoms in total. The highest BCUT2D eigenvalue weighted by atomic mass is 35.5. The van der Waals surface area contributed by atoms with E-state index in [-0.39, 0.29) is 17.1 Å². The lowest BCUT2D eigenvalue weighted by Crippen LogP contribution is -2.37. The standard InChI is InChI=1S/C23H23ClN2O3/c1-3-25(4-2)12-13-26-20(15-8-6-5-7-9-15)19-21(27)17-14-16(24)10-11-18(17)29-22(19)23(26)28/h5-11,14,20H,3-4,12-13H2,1-2H3/t20-/m0/s1. The molecular weight excluding hydrogens is 388 g/mol. The second-order valence-corrected chi connectivity index (χ2v) is 7.59. The molecule has 1 aliphatic heterocycles. The summed E-state index contributed by atoms with van der Waals surface area (Å²) >= 11 is 6.11. The van der Waals surface area contributed by atoms with Crippen LogP contribution >= 0.6 is 11.6 Å². The van der Waals surface area contributed by atoms with Crippen molar-refractivity contribution in [3.8, 4) is 0 Å². The van der Waals surface area contributed by atoms with Crippen molar-refractivity contribution in [1.82, 2.24) is 9.80 Å². The van der Waals surface area contributed by atoms with Crippen LogP contribution in [-0.4, -0.2) is 41.9 Å². The smallest absolute Gasteiger partial charge is 0.290 e. The van der Waals surface area contributed by atoms with E-state index >= 15 is 0 Å². The van der Waals surface area contributed by atoms with Gasteiger partial charge in [0.25, 0.3) is 5.91 Å². The zero-order valence-corrected chi connectivity index (χ0v) is 17.3. The Labute approximate surface area is 174 Å². The van der Waals surface area contributed by atoms with E-state index < -0.39 is 6.04 Å². The first-order valence-electron chi connectivity index (χ1n) is 9.89. The van der Waals surface area contributed by atoms with Crippen LogP contribution in [0.5, 0.6) is 0 Å². The molecular formula is C23H23ClN2O3. The Morgan fingerprint density at radius 3 is 2.48 bits per heavy atom. The molecule has 0 radical (unpaired) electrons. The number of amides is 1. The van der Waals surface area contributed by atoms with Crippen LogP contribution in [0.3, 0.4) is 0 Å². The number of hydrogen-bond donors (Lipinski definition) is 0. The molecule has 4 rings (SSSR count). The Kier molecular flexibility index (Phi) is 5.43. The van der Waals surface area contributed by atoms with Crippen molar-refractivity contribution in [1.29, 1.82) is 0 Å². The van der Waals surface area contributed by atoms with Crippen LogP contribution in [-0.2, 0) is 0 Å². The molecule has 0 aliphatic carbocycles. The van der Waals surface area contributed by atoms with E-state index in [4.69, 9.17) is 16.0 Å². The molecule has 1 atom stereocenters. The molecule has 3 aromatic rings. The Bertz CT molecular complexity index is 1110. The van der Waals surface area contributed by atoms with Crippen molar-refractivity contribution in [2.45, 2.75) is 19.9 Å². The van der Waals surface area contributed by atoms with Gasteiger partial charge in [-0.15, -0.1) is 0 Å². The molecule has 150 valence electrons. The van der Waals surface area contributed by atoms with E-state index in [9.17, 15) is 9.59 Å². The number of benzene rings is 2. The lowest BCUT2D eigenvalue weighted by molar-refractivity contribution is 0.0708. The topological polar surface area (TPSA) is 53.8 Å². The number of hydrogen-bond acceptors (Lipinski definition) is 4. The summed E-state index contributed by atoms with van der Waals surface area (Å²) in [6, 6.07) is 14.1. The average molecular weight is 411 g/mol. The summed E-state index contributed by atoms with van der Waals surface area (Å²) in [6.45, 7) is 7.25. The quantitative estimate of drug-likeness (QED) is 0.606. The number of nitrogens with zero attached hydrogens (tertiary/aromatic N) is 2. The summed E-state index contributed by atoms with van der Waals surface area (Å²) < 4.78 is 5.93. The molecule has 2 heterocycles. The minimum Gasteiger partial charge on any atom is -0.450 e. The van der Waals surface area contributed by atoms with Gasteiger partial charge in [-0.05, 0) is 36.9 Å². The van der Waals surface area contributed by atoms with Gasteiger partial charge in [0.05, 0.1) is 17.0 Å². The zero-order chi connectivity index (χ0) is 20.5. The van der Waals surface area contributed by atoms with E-state index in [1.54, 1.807) is 23.1 Å². The Morgan fingerprint density at radius 2 is 1.79 bits per heavy atom. The molecule has 0 saturated carbocycles. The maximum absolute atomic E-state index is 13.4. The summed E-state index contributed by atoms with van der Waals surface area (Å²) in [5.74, 6) is -0.104. The van der Waals surface area contributed by atoms with Crippen molar-refractivity contribution in [2.24, 2.45) is 0 Å². The Hall–Kier alpha value is -2.63. The summed E-state index contributed by atoms with van der Waals surface area (Å²) in [4.78, 5) is 30.7. The molecule has 29 heavy (non-hydrogen) atoms. The first-order valence-corrected chi connectivity index (χ1v) is 10.3. The highest BCUT2D eigenvalue weighted by molar-refractivity contribution is 6.31. The molecule has 0 N–H and O–H groups in total. The molecule has 0 spiro atoms. The van der Waals surface area contributed by atoms with Gasteiger partial charge in [-0.3, -0.25) is 9.59 Å². The van der Waals surface area contributed by atoms with E-state index in [2.05, 4.69) is 18.7 Å². The predicted molar refractivity (Wildman–Crippen MR) is 115 cm³/mol. The number of likely N-dealkylation sites (N-methyl/N-ethyl adjacent to an activating group) is 1. The van der Waals surface area contributed by atoms with Crippen molar-refractivity contribution < 1.29 is 9.21 Å². The minimum atomic E-state index is -0.464. The van der Waals surface area contributed by atoms with Gasteiger partial charge in [0.1, 0.15) is 5.58 Å². The maximum Gasteiger partial charge on any atom is 0.290 e. The minimum absolute atomic E-state index is 0.137. The third-order valence-electron chi connectivity index (χ3n) is 5.59. The van der Waals surface area contributed by atoms with Gasteiger partial charge in [-0.2, -0.15) is 0 Å². The predicted octanol–water partition coefficient (Wildman–Crippen LogP) is 4.33. The van der Waals surface area contributed by atoms with Gasteiger partial charge in [0.15, 0.2) is 5.43 Å². The molecule has 1 aliphatic rings. The number of fused-ring (bicyclic) bond motifs is 2. The van der Waals surface area contributed by atoms with Crippen LogP contribution in [0.25, 0.3) is 11.0 Å². The second kappa shape index (κ2) is 8.01. The Morgan fingerprint density at radius 1 is 1.07 bits per heavy atom. The highest BCUT2D eigenvalue weighted by Crippen LogP contribution is 2.38. The molecule has 6 heteroatoms. The summed E-state index contributed by atoms with van der Waals surface area (Å²) in [7, 11) is 0. The molecule has 1 amide bonds. The molecule has 2 aromatic carbocycles. The van der Waals surface area contributed by atoms with Crippen LogP contribution in [0, 0.1) is 0 Å². The highest BCUT2D eigenvalue weighted by Gasteiger charge is 2.42. The molecule has 0 unspecified atom stereocenters. The van der Waals surface area contributed by atoms with Gasteiger partial charge in [0.2, 0.25) is 5.76 Å². The SMILES string of the molecule is CCN(CC)CCN1C(=O)c2oc3ccc(Cl)cc3c(=O)c2[C@@H]1c1ccccc1. The van der Waals surface area contributed by atoms with Crippen LogP contribution in [0.4, 0.5) is 0 Å². The Balaban J connectivity index is 1.87. The van der Waals surface area contributed by atoms with Crippen LogP contribution < -0.4 is 5.43 Å². The van der Waals surface area contributed by atoms with Gasteiger partial charge in [0, 0.05) is 18.1 Å². The third kappa shape index (κ3) is 3.45. The second-order valence-electron chi connectivity index (χ2n) is 7.15. The van der Waals surface area contributed by atoms with E-state index in [1.165, 1.54) is 0 Å². The zero-order valence-electron chi connectivity index (χ0n) is 16.5. The van der Waals surface area contributed by atoms with E-state index in [0.717, 1.165) is 25.2 Å². The fraction of sp³-hybridized carbons (Fsp3) is 0.304. The van der Waals surface area contributed by atoms with E-state index in [0.29, 0.717) is 28.1 Å². The maximum atomic E-state index is 13.4. The lowest BCUT2D eigenvalue weighted by Gasteiger charge is -2.28. The first-order chi connectivity index (χ1) is 14.0. The fourth-order valence-electron chi connectivity index (χ4n) is 3.99. The third-order valence-corrected chi connectivity index (χ3v) is 5.83. The molecule has 0 bridgehead atoms. The summed E-state index contributed by atoms with van der Waals surface area (Å²) in [6.07, 6.45) is 0. The summed E-state index contributed by atoms with van der Waals surface area (Å²) in [5, 5.41) is 0.860. The number of carbonyl (C=O) groups excluding carboxylic acids is 1. The van der Waals surface area contributed by atoms with Crippen LogP contribution in [0.1, 0.15) is 41.6 Å². The largest absolute Gasteiger partial charge is 0.450 e. The first kappa shape index (κ1) is 19.7. The number of carbonyl (C=O) groups is 1. The fourth-order valence-corrected chi connectivity index (χ4v) is 4.17. The van der Waals surface area contributed by atoms with Gasteiger partial charge in [-0.1, -0.05) is 55.8 Å². The van der Waals surface area contributed by atoms with Crippen molar-refractivity contribution in [3.63, 3.8) is 0 Å². The lowest BCUT2D eigenvalue weighted by atomic mass is 9.98. The van der Waals surface area contributed by atoms with Crippen molar-refractivity contribution in [3.05, 3.63) is 80.7 Å². The molecule has 0 saturated heterocycles. The summed E-state index contributed by atoms with van der Waals surface area (Å²) in [5.41, 5.74) is 1.48. The monoisotopic (exact) mass is 410 g/mol. The van der Waals surface area contributed by atoms with Crippen molar-refractivity contribution >= 4 is 28.5 Å². The van der Waals surface area contributed by atoms with Gasteiger partial charge >= 0.3 is 0 Å². The number of halogens is 1. The van der Waals surface area contributed by atoms with Gasteiger partial charge < -0.3 is 14.2 Å². The average Bonchev–Trinajstić information content (AvgIpc) is 3.02. The van der Waals surface area contributed by atoms with Gasteiger partial charge in [-0.25, -0.2) is 0 Å². The van der Waals surface area contributed by atoms with E-state index in [1.807, 2.05) is 30.3 Å².